The van der Waals surface area contributed by atoms with Crippen LogP contribution in [0.25, 0.3) is 11.3 Å². The number of nitrogens with zero attached hydrogens (tertiary/aromatic N) is 2. The zero-order valence-electron chi connectivity index (χ0n) is 22.4. The van der Waals surface area contributed by atoms with Crippen LogP contribution >= 0.6 is 0 Å². The highest BCUT2D eigenvalue weighted by molar-refractivity contribution is 5.75. The molecule has 1 aliphatic rings. The molecule has 0 bridgehead atoms. The van der Waals surface area contributed by atoms with Crippen molar-refractivity contribution < 1.29 is 9.53 Å². The van der Waals surface area contributed by atoms with Crippen LogP contribution in [0, 0.1) is 22.7 Å². The average molecular weight is 489 g/mol. The quantitative estimate of drug-likeness (QED) is 0.151. The van der Waals surface area contributed by atoms with Gasteiger partial charge in [0.25, 0.3) is 0 Å². The Balaban J connectivity index is 1.45. The summed E-state index contributed by atoms with van der Waals surface area (Å²) in [5.41, 5.74) is 2.97. The largest absolute Gasteiger partial charge is 0.426 e. The number of aromatic nitrogens is 1. The number of carbonyl (C=O) groups is 1. The lowest BCUT2D eigenvalue weighted by molar-refractivity contribution is -0.140. The van der Waals surface area contributed by atoms with Gasteiger partial charge in [0, 0.05) is 11.8 Å². The SMILES string of the molecule is CCCCCCCCC1(C#N)CCC(C(=O)Oc2ccc(-c3ccc(CCCCC)cn3)cc2)CC1. The van der Waals surface area contributed by atoms with Gasteiger partial charge in [-0.25, -0.2) is 0 Å². The van der Waals surface area contributed by atoms with Crippen LogP contribution in [0.1, 0.15) is 109 Å². The number of rotatable bonds is 14. The van der Waals surface area contributed by atoms with Crippen molar-refractivity contribution in [2.45, 2.75) is 110 Å². The number of esters is 1. The Morgan fingerprint density at radius 2 is 1.61 bits per heavy atom. The highest BCUT2D eigenvalue weighted by Crippen LogP contribution is 2.43. The topological polar surface area (TPSA) is 63.0 Å². The minimum Gasteiger partial charge on any atom is -0.426 e. The van der Waals surface area contributed by atoms with Gasteiger partial charge in [-0.3, -0.25) is 9.78 Å². The van der Waals surface area contributed by atoms with Crippen molar-refractivity contribution in [1.82, 2.24) is 4.98 Å². The van der Waals surface area contributed by atoms with Gasteiger partial charge in [-0.1, -0.05) is 71.3 Å². The second kappa shape index (κ2) is 14.8. The van der Waals surface area contributed by atoms with E-state index >= 15 is 0 Å². The molecule has 1 heterocycles. The number of nitriles is 1. The molecule has 0 spiro atoms. The van der Waals surface area contributed by atoms with E-state index in [4.69, 9.17) is 4.74 Å². The molecule has 1 saturated carbocycles. The Morgan fingerprint density at radius 3 is 2.25 bits per heavy atom. The molecular weight excluding hydrogens is 444 g/mol. The van der Waals surface area contributed by atoms with Crippen molar-refractivity contribution in [3.05, 3.63) is 48.2 Å². The van der Waals surface area contributed by atoms with Crippen molar-refractivity contribution in [1.29, 1.82) is 5.26 Å². The maximum atomic E-state index is 12.8. The normalized spacial score (nSPS) is 19.5. The number of hydrogen-bond acceptors (Lipinski definition) is 4. The predicted molar refractivity (Wildman–Crippen MR) is 147 cm³/mol. The molecule has 36 heavy (non-hydrogen) atoms. The van der Waals surface area contributed by atoms with Gasteiger partial charge in [0.05, 0.1) is 23.1 Å². The lowest BCUT2D eigenvalue weighted by Gasteiger charge is -2.34. The summed E-state index contributed by atoms with van der Waals surface area (Å²) in [6, 6.07) is 14.5. The van der Waals surface area contributed by atoms with Crippen LogP contribution in [0.2, 0.25) is 0 Å². The Morgan fingerprint density at radius 1 is 0.944 bits per heavy atom. The Labute approximate surface area is 218 Å². The molecule has 0 N–H and O–H groups in total. The summed E-state index contributed by atoms with van der Waals surface area (Å²) < 4.78 is 5.71. The number of ether oxygens (including phenoxy) is 1. The Kier molecular flexibility index (Phi) is 11.5. The van der Waals surface area contributed by atoms with Crippen LogP contribution in [0.4, 0.5) is 0 Å². The fourth-order valence-corrected chi connectivity index (χ4v) is 5.28. The third-order valence-corrected chi connectivity index (χ3v) is 7.78. The highest BCUT2D eigenvalue weighted by atomic mass is 16.5. The number of unbranched alkanes of at least 4 members (excludes halogenated alkanes) is 7. The fraction of sp³-hybridized carbons (Fsp3) is 0.594. The van der Waals surface area contributed by atoms with E-state index in [9.17, 15) is 10.1 Å². The molecule has 3 rings (SSSR count). The number of pyridine rings is 1. The monoisotopic (exact) mass is 488 g/mol. The first-order valence-corrected chi connectivity index (χ1v) is 14.3. The van der Waals surface area contributed by atoms with E-state index in [1.54, 1.807) is 0 Å². The summed E-state index contributed by atoms with van der Waals surface area (Å²) in [5.74, 6) is 0.296. The second-order valence-electron chi connectivity index (χ2n) is 10.6. The molecule has 0 radical (unpaired) electrons. The van der Waals surface area contributed by atoms with Gasteiger partial charge in [0.15, 0.2) is 0 Å². The second-order valence-corrected chi connectivity index (χ2v) is 10.6. The van der Waals surface area contributed by atoms with Crippen LogP contribution in [0.15, 0.2) is 42.6 Å². The van der Waals surface area contributed by atoms with E-state index in [2.05, 4.69) is 37.0 Å². The van der Waals surface area contributed by atoms with Gasteiger partial charge in [-0.05, 0) is 80.8 Å². The van der Waals surface area contributed by atoms with Crippen molar-refractivity contribution >= 4 is 5.97 Å². The number of benzene rings is 1. The molecule has 0 saturated heterocycles. The molecule has 0 unspecified atom stereocenters. The smallest absolute Gasteiger partial charge is 0.314 e. The zero-order chi connectivity index (χ0) is 25.6. The van der Waals surface area contributed by atoms with Gasteiger partial charge in [0.2, 0.25) is 0 Å². The third-order valence-electron chi connectivity index (χ3n) is 7.78. The summed E-state index contributed by atoms with van der Waals surface area (Å²) in [6.07, 6.45) is 18.2. The van der Waals surface area contributed by atoms with Crippen LogP contribution in [0.5, 0.6) is 5.75 Å². The van der Waals surface area contributed by atoms with Gasteiger partial charge in [-0.2, -0.15) is 5.26 Å². The van der Waals surface area contributed by atoms with Crippen LogP contribution < -0.4 is 4.74 Å². The molecule has 2 aromatic rings. The van der Waals surface area contributed by atoms with E-state index in [0.29, 0.717) is 5.75 Å². The molecule has 0 atom stereocenters. The molecule has 1 fully saturated rings. The van der Waals surface area contributed by atoms with Crippen LogP contribution in [0.3, 0.4) is 0 Å². The lowest BCUT2D eigenvalue weighted by atomic mass is 9.69. The Hall–Kier alpha value is -2.67. The Bertz CT molecular complexity index is 951. The average Bonchev–Trinajstić information content (AvgIpc) is 2.92. The van der Waals surface area contributed by atoms with Crippen molar-refractivity contribution in [3.63, 3.8) is 0 Å². The van der Waals surface area contributed by atoms with Gasteiger partial charge < -0.3 is 4.74 Å². The van der Waals surface area contributed by atoms with E-state index in [1.807, 2.05) is 30.5 Å². The molecule has 194 valence electrons. The number of aryl methyl sites for hydroxylation is 1. The van der Waals surface area contributed by atoms with Gasteiger partial charge >= 0.3 is 5.97 Å². The summed E-state index contributed by atoms with van der Waals surface area (Å²) in [7, 11) is 0. The molecule has 1 aromatic carbocycles. The van der Waals surface area contributed by atoms with E-state index in [0.717, 1.165) is 56.2 Å². The minimum atomic E-state index is -0.248. The fourth-order valence-electron chi connectivity index (χ4n) is 5.28. The van der Waals surface area contributed by atoms with Crippen molar-refractivity contribution in [2.75, 3.05) is 0 Å². The van der Waals surface area contributed by atoms with E-state index in [1.165, 1.54) is 56.9 Å². The number of hydrogen-bond donors (Lipinski definition) is 0. The first-order chi connectivity index (χ1) is 17.6. The van der Waals surface area contributed by atoms with E-state index < -0.39 is 0 Å². The van der Waals surface area contributed by atoms with Crippen LogP contribution in [-0.4, -0.2) is 11.0 Å². The minimum absolute atomic E-state index is 0.113. The summed E-state index contributed by atoms with van der Waals surface area (Å²) in [5, 5.41) is 9.85. The van der Waals surface area contributed by atoms with Gasteiger partial charge in [-0.15, -0.1) is 0 Å². The number of carbonyl (C=O) groups excluding carboxylic acids is 1. The maximum absolute atomic E-state index is 12.8. The van der Waals surface area contributed by atoms with E-state index in [-0.39, 0.29) is 17.3 Å². The maximum Gasteiger partial charge on any atom is 0.314 e. The molecule has 1 aromatic heterocycles. The molecule has 0 amide bonds. The third kappa shape index (κ3) is 8.47. The van der Waals surface area contributed by atoms with Crippen molar-refractivity contribution in [2.24, 2.45) is 11.3 Å². The summed E-state index contributed by atoms with van der Waals surface area (Å²) in [6.45, 7) is 4.45. The standard InChI is InChI=1S/C32H44N2O2/c1-3-5-7-8-9-11-21-32(25-33)22-19-28(20-23-32)31(35)36-29-16-14-27(15-17-29)30-18-13-26(24-34-30)12-10-6-4-2/h13-18,24,28H,3-12,19-23H2,1-2H3. The zero-order valence-corrected chi connectivity index (χ0v) is 22.4. The molecule has 1 aliphatic carbocycles. The van der Waals surface area contributed by atoms with Crippen LogP contribution in [-0.2, 0) is 11.2 Å². The first-order valence-electron chi connectivity index (χ1n) is 14.3. The molecule has 0 aliphatic heterocycles. The molecule has 4 heteroatoms. The highest BCUT2D eigenvalue weighted by Gasteiger charge is 2.37. The van der Waals surface area contributed by atoms with Crippen molar-refractivity contribution in [3.8, 4) is 23.1 Å². The predicted octanol–water partition coefficient (Wildman–Crippen LogP) is 8.84. The van der Waals surface area contributed by atoms with Gasteiger partial charge in [0.1, 0.15) is 5.75 Å². The molecule has 4 nitrogen and oxygen atoms in total. The molecular formula is C32H44N2O2. The summed E-state index contributed by atoms with van der Waals surface area (Å²) >= 11 is 0. The summed E-state index contributed by atoms with van der Waals surface area (Å²) in [4.78, 5) is 17.4. The lowest BCUT2D eigenvalue weighted by Crippen LogP contribution is -2.31. The first kappa shape index (κ1) is 27.9.